The highest BCUT2D eigenvalue weighted by molar-refractivity contribution is 5.77. The third kappa shape index (κ3) is 4.02. The minimum atomic E-state index is -0.339. The van der Waals surface area contributed by atoms with Gasteiger partial charge >= 0.3 is 0 Å². The number of benzene rings is 1. The van der Waals surface area contributed by atoms with Crippen LogP contribution in [0.1, 0.15) is 18.9 Å². The molecule has 3 atom stereocenters. The van der Waals surface area contributed by atoms with Crippen LogP contribution in [0, 0.1) is 11.7 Å². The van der Waals surface area contributed by atoms with Crippen molar-refractivity contribution in [2.24, 2.45) is 11.7 Å². The second kappa shape index (κ2) is 6.81. The second-order valence-corrected chi connectivity index (χ2v) is 5.31. The Bertz CT molecular complexity index is 450. The summed E-state index contributed by atoms with van der Waals surface area (Å²) in [5.74, 6) is -0.916. The van der Waals surface area contributed by atoms with Crippen molar-refractivity contribution in [3.8, 4) is 0 Å². The Morgan fingerprint density at radius 3 is 2.75 bits per heavy atom. The van der Waals surface area contributed by atoms with E-state index < -0.39 is 0 Å². The number of carbonyl (C=O) groups is 1. The van der Waals surface area contributed by atoms with Gasteiger partial charge < -0.3 is 15.8 Å². The predicted molar refractivity (Wildman–Crippen MR) is 74.6 cm³/mol. The van der Waals surface area contributed by atoms with E-state index in [1.165, 1.54) is 12.1 Å². The van der Waals surface area contributed by atoms with E-state index in [0.717, 1.165) is 18.6 Å². The van der Waals surface area contributed by atoms with Crippen LogP contribution >= 0.6 is 0 Å². The molecule has 1 saturated heterocycles. The van der Waals surface area contributed by atoms with E-state index in [9.17, 15) is 9.18 Å². The molecule has 1 heterocycles. The van der Waals surface area contributed by atoms with Gasteiger partial charge in [0.1, 0.15) is 5.82 Å². The Morgan fingerprint density at radius 2 is 2.20 bits per heavy atom. The predicted octanol–water partition coefficient (Wildman–Crippen LogP) is 1.24. The van der Waals surface area contributed by atoms with E-state index >= 15 is 0 Å². The number of primary amides is 1. The van der Waals surface area contributed by atoms with Gasteiger partial charge in [-0.25, -0.2) is 4.39 Å². The number of nitrogens with one attached hydrogen (secondary N) is 1. The normalized spacial score (nSPS) is 23.7. The molecule has 4 nitrogen and oxygen atoms in total. The molecular weight excluding hydrogens is 259 g/mol. The molecule has 1 aliphatic rings. The van der Waals surface area contributed by atoms with Gasteiger partial charge in [0, 0.05) is 19.2 Å². The van der Waals surface area contributed by atoms with Crippen LogP contribution in [0.2, 0.25) is 0 Å². The highest BCUT2D eigenvalue weighted by Crippen LogP contribution is 2.14. The van der Waals surface area contributed by atoms with Gasteiger partial charge in [-0.15, -0.1) is 0 Å². The van der Waals surface area contributed by atoms with Crippen LogP contribution in [0.4, 0.5) is 4.39 Å². The topological polar surface area (TPSA) is 64.3 Å². The lowest BCUT2D eigenvalue weighted by atomic mass is 9.98. The summed E-state index contributed by atoms with van der Waals surface area (Å²) in [6.07, 6.45) is 1.63. The van der Waals surface area contributed by atoms with Crippen molar-refractivity contribution < 1.29 is 13.9 Å². The first-order valence-electron chi connectivity index (χ1n) is 6.95. The highest BCUT2D eigenvalue weighted by atomic mass is 19.1. The number of hydrogen-bond donors (Lipinski definition) is 2. The minimum absolute atomic E-state index is 0.161. The fraction of sp³-hybridized carbons (Fsp3) is 0.533. The van der Waals surface area contributed by atoms with Gasteiger partial charge in [0.05, 0.1) is 12.0 Å². The van der Waals surface area contributed by atoms with Crippen LogP contribution in [0.3, 0.4) is 0 Å². The number of rotatable bonds is 6. The molecular formula is C15H21FN2O2. The van der Waals surface area contributed by atoms with Crippen LogP contribution in [0.25, 0.3) is 0 Å². The summed E-state index contributed by atoms with van der Waals surface area (Å²) >= 11 is 0. The zero-order valence-corrected chi connectivity index (χ0v) is 11.6. The fourth-order valence-electron chi connectivity index (χ4n) is 2.47. The maximum atomic E-state index is 12.9. The van der Waals surface area contributed by atoms with Crippen LogP contribution < -0.4 is 11.1 Å². The van der Waals surface area contributed by atoms with Gasteiger partial charge in [-0.3, -0.25) is 4.79 Å². The van der Waals surface area contributed by atoms with Crippen LogP contribution in [0.15, 0.2) is 24.3 Å². The molecule has 5 heteroatoms. The van der Waals surface area contributed by atoms with E-state index in [2.05, 4.69) is 5.32 Å². The standard InChI is InChI=1S/C15H21FN2O2/c1-10-14(6-7-20-10)18-9-12(15(17)19)8-11-2-4-13(16)5-3-11/h2-5,10,12,14,18H,6-9H2,1H3,(H2,17,19)/t10-,12-,14-/m0/s1. The number of ether oxygens (including phenoxy) is 1. The molecule has 20 heavy (non-hydrogen) atoms. The summed E-state index contributed by atoms with van der Waals surface area (Å²) in [6, 6.07) is 6.44. The van der Waals surface area contributed by atoms with E-state index in [-0.39, 0.29) is 29.8 Å². The second-order valence-electron chi connectivity index (χ2n) is 5.31. The van der Waals surface area contributed by atoms with Crippen LogP contribution in [-0.4, -0.2) is 31.2 Å². The summed E-state index contributed by atoms with van der Waals surface area (Å²) in [6.45, 7) is 3.28. The molecule has 0 unspecified atom stereocenters. The SMILES string of the molecule is C[C@@H]1OCC[C@@H]1NC[C@H](Cc1ccc(F)cc1)C(N)=O. The van der Waals surface area contributed by atoms with Crippen LogP contribution in [0.5, 0.6) is 0 Å². The fourth-order valence-corrected chi connectivity index (χ4v) is 2.47. The Balaban J connectivity index is 1.90. The average Bonchev–Trinajstić information content (AvgIpc) is 2.82. The van der Waals surface area contributed by atoms with E-state index in [0.29, 0.717) is 13.0 Å². The number of halogens is 1. The molecule has 3 N–H and O–H groups in total. The lowest BCUT2D eigenvalue weighted by Gasteiger charge is -2.20. The lowest BCUT2D eigenvalue weighted by Crippen LogP contribution is -2.42. The average molecular weight is 280 g/mol. The monoisotopic (exact) mass is 280 g/mol. The summed E-state index contributed by atoms with van der Waals surface area (Å²) in [7, 11) is 0. The molecule has 1 aromatic carbocycles. The lowest BCUT2D eigenvalue weighted by molar-refractivity contribution is -0.121. The van der Waals surface area contributed by atoms with E-state index in [4.69, 9.17) is 10.5 Å². The van der Waals surface area contributed by atoms with E-state index in [1.807, 2.05) is 6.92 Å². The molecule has 2 rings (SSSR count). The van der Waals surface area contributed by atoms with Crippen molar-refractivity contribution in [2.45, 2.75) is 31.9 Å². The molecule has 0 aromatic heterocycles. The largest absolute Gasteiger partial charge is 0.377 e. The molecule has 0 aliphatic carbocycles. The summed E-state index contributed by atoms with van der Waals surface area (Å²) in [5.41, 5.74) is 6.36. The van der Waals surface area contributed by atoms with E-state index in [1.54, 1.807) is 12.1 Å². The summed E-state index contributed by atoms with van der Waals surface area (Å²) in [4.78, 5) is 11.5. The van der Waals surface area contributed by atoms with Crippen molar-refractivity contribution in [2.75, 3.05) is 13.2 Å². The number of hydrogen-bond acceptors (Lipinski definition) is 3. The third-order valence-corrected chi connectivity index (χ3v) is 3.80. The molecule has 1 aliphatic heterocycles. The zero-order valence-electron chi connectivity index (χ0n) is 11.6. The van der Waals surface area contributed by atoms with Crippen LogP contribution in [-0.2, 0) is 16.0 Å². The van der Waals surface area contributed by atoms with Crippen molar-refractivity contribution in [1.82, 2.24) is 5.32 Å². The van der Waals surface area contributed by atoms with Gasteiger partial charge in [0.15, 0.2) is 0 Å². The van der Waals surface area contributed by atoms with Crippen molar-refractivity contribution >= 4 is 5.91 Å². The van der Waals surface area contributed by atoms with Crippen molar-refractivity contribution in [3.63, 3.8) is 0 Å². The van der Waals surface area contributed by atoms with Crippen molar-refractivity contribution in [1.29, 1.82) is 0 Å². The number of nitrogens with two attached hydrogens (primary N) is 1. The summed E-state index contributed by atoms with van der Waals surface area (Å²) in [5, 5.41) is 3.34. The Kier molecular flexibility index (Phi) is 5.09. The third-order valence-electron chi connectivity index (χ3n) is 3.80. The van der Waals surface area contributed by atoms with Crippen molar-refractivity contribution in [3.05, 3.63) is 35.6 Å². The maximum absolute atomic E-state index is 12.9. The number of amides is 1. The molecule has 0 saturated carbocycles. The Labute approximate surface area is 118 Å². The van der Waals surface area contributed by atoms with Gasteiger partial charge in [-0.05, 0) is 37.5 Å². The summed E-state index contributed by atoms with van der Waals surface area (Å²) < 4.78 is 18.3. The molecule has 1 aromatic rings. The smallest absolute Gasteiger partial charge is 0.222 e. The zero-order chi connectivity index (χ0) is 14.5. The quantitative estimate of drug-likeness (QED) is 0.824. The molecule has 0 bridgehead atoms. The van der Waals surface area contributed by atoms with Gasteiger partial charge in [0.25, 0.3) is 0 Å². The first-order valence-corrected chi connectivity index (χ1v) is 6.95. The maximum Gasteiger partial charge on any atom is 0.222 e. The highest BCUT2D eigenvalue weighted by Gasteiger charge is 2.25. The minimum Gasteiger partial charge on any atom is -0.377 e. The number of carbonyl (C=O) groups excluding carboxylic acids is 1. The molecule has 0 radical (unpaired) electrons. The van der Waals surface area contributed by atoms with Gasteiger partial charge in [-0.2, -0.15) is 0 Å². The molecule has 1 fully saturated rings. The first kappa shape index (κ1) is 14.9. The van der Waals surface area contributed by atoms with Gasteiger partial charge in [-0.1, -0.05) is 12.1 Å². The molecule has 1 amide bonds. The van der Waals surface area contributed by atoms with Gasteiger partial charge in [0.2, 0.25) is 5.91 Å². The first-order chi connectivity index (χ1) is 9.56. The Hall–Kier alpha value is -1.46. The molecule has 0 spiro atoms. The molecule has 110 valence electrons. The Morgan fingerprint density at radius 1 is 1.50 bits per heavy atom.